The Hall–Kier alpha value is -4.63. The van der Waals surface area contributed by atoms with Gasteiger partial charge in [0.25, 0.3) is 11.6 Å². The van der Waals surface area contributed by atoms with Gasteiger partial charge in [0.15, 0.2) is 23.3 Å². The zero-order chi connectivity index (χ0) is 31.5. The Morgan fingerprint density at radius 2 is 1.48 bits per heavy atom. The van der Waals surface area contributed by atoms with E-state index in [1.165, 1.54) is 38.1 Å². The Morgan fingerprint density at radius 1 is 0.976 bits per heavy atom. The number of nitro groups is 1. The number of piperidine rings is 1. The number of amides is 3. The van der Waals surface area contributed by atoms with Crippen molar-refractivity contribution in [1.29, 1.82) is 0 Å². The van der Waals surface area contributed by atoms with Crippen molar-refractivity contribution < 1.29 is 51.2 Å². The van der Waals surface area contributed by atoms with E-state index in [1.807, 2.05) is 0 Å². The molecule has 0 unspecified atom stereocenters. The lowest BCUT2D eigenvalue weighted by molar-refractivity contribution is -0.384. The van der Waals surface area contributed by atoms with Gasteiger partial charge in [0.05, 0.1) is 4.92 Å². The number of rotatable bonds is 9. The molecule has 1 fully saturated rings. The maximum absolute atomic E-state index is 14.1. The van der Waals surface area contributed by atoms with Crippen molar-refractivity contribution in [3.63, 3.8) is 0 Å². The summed E-state index contributed by atoms with van der Waals surface area (Å²) in [5.41, 5.74) is -3.04. The largest absolute Gasteiger partial charge is 0.480 e. The second kappa shape index (κ2) is 12.5. The number of aliphatic carboxylic acids is 1. The number of hydrogen-bond donors (Lipinski definition) is 3. The highest BCUT2D eigenvalue weighted by molar-refractivity contribution is 5.96. The minimum Gasteiger partial charge on any atom is -0.480 e. The number of carbonyl (C=O) groups is 4. The van der Waals surface area contributed by atoms with Gasteiger partial charge in [-0.2, -0.15) is 0 Å². The Labute approximate surface area is 234 Å². The summed E-state index contributed by atoms with van der Waals surface area (Å²) in [6.45, 7) is 2.10. The smallest absolute Gasteiger partial charge is 0.326 e. The maximum atomic E-state index is 14.1. The first-order valence-corrected chi connectivity index (χ1v) is 12.4. The van der Waals surface area contributed by atoms with Crippen molar-refractivity contribution in [2.24, 2.45) is 5.92 Å². The number of non-ortho nitro benzene ring substituents is 1. The number of nitro benzene ring substituents is 1. The van der Waals surface area contributed by atoms with Crippen molar-refractivity contribution in [1.82, 2.24) is 15.5 Å². The van der Waals surface area contributed by atoms with E-state index in [0.717, 1.165) is 4.90 Å². The molecule has 2 aromatic rings. The SMILES string of the molecule is CC(C)(NC(=O)C1CCN(C(=O)c2c(F)c(F)c(F)c(F)c2F)CC1)C(=O)N[C@@H](Cc1ccc([N+](=O)[O-])cc1)C(=O)O. The maximum Gasteiger partial charge on any atom is 0.326 e. The first-order chi connectivity index (χ1) is 19.5. The molecule has 0 aromatic heterocycles. The molecule has 11 nitrogen and oxygen atoms in total. The lowest BCUT2D eigenvalue weighted by Crippen LogP contribution is -2.59. The van der Waals surface area contributed by atoms with Gasteiger partial charge in [-0.05, 0) is 32.3 Å². The minimum atomic E-state index is -2.40. The molecule has 16 heteroatoms. The molecule has 3 N–H and O–H groups in total. The van der Waals surface area contributed by atoms with Gasteiger partial charge < -0.3 is 20.6 Å². The predicted octanol–water partition coefficient (Wildman–Crippen LogP) is 2.85. The molecule has 0 radical (unpaired) electrons. The lowest BCUT2D eigenvalue weighted by atomic mass is 9.93. The highest BCUT2D eigenvalue weighted by atomic mass is 19.2. The second-order valence-electron chi connectivity index (χ2n) is 10.1. The molecule has 1 aliphatic rings. The van der Waals surface area contributed by atoms with Crippen molar-refractivity contribution >= 4 is 29.4 Å². The van der Waals surface area contributed by atoms with Crippen LogP contribution in [-0.2, 0) is 20.8 Å². The Bertz CT molecular complexity index is 1400. The van der Waals surface area contributed by atoms with Gasteiger partial charge in [-0.3, -0.25) is 24.5 Å². The molecule has 2 aromatic carbocycles. The van der Waals surface area contributed by atoms with Crippen LogP contribution in [0.1, 0.15) is 42.6 Å². The molecule has 0 spiro atoms. The topological polar surface area (TPSA) is 159 Å². The van der Waals surface area contributed by atoms with Crippen molar-refractivity contribution in [2.45, 2.75) is 44.7 Å². The van der Waals surface area contributed by atoms with E-state index in [0.29, 0.717) is 5.56 Å². The van der Waals surface area contributed by atoms with Crippen molar-refractivity contribution in [2.75, 3.05) is 13.1 Å². The average molecular weight is 600 g/mol. The monoisotopic (exact) mass is 600 g/mol. The molecule has 0 bridgehead atoms. The Morgan fingerprint density at radius 3 is 1.95 bits per heavy atom. The number of nitrogens with one attached hydrogen (secondary N) is 2. The van der Waals surface area contributed by atoms with Gasteiger partial charge in [0.2, 0.25) is 17.6 Å². The van der Waals surface area contributed by atoms with E-state index >= 15 is 0 Å². The van der Waals surface area contributed by atoms with Crippen LogP contribution in [0.3, 0.4) is 0 Å². The van der Waals surface area contributed by atoms with Crippen molar-refractivity contribution in [3.8, 4) is 0 Å². The average Bonchev–Trinajstić information content (AvgIpc) is 2.94. The van der Waals surface area contributed by atoms with Crippen LogP contribution in [0.25, 0.3) is 0 Å². The number of hydrogen-bond acceptors (Lipinski definition) is 6. The molecule has 0 saturated carbocycles. The third-order valence-electron chi connectivity index (χ3n) is 6.77. The van der Waals surface area contributed by atoms with E-state index in [-0.39, 0.29) is 38.0 Å². The third-order valence-corrected chi connectivity index (χ3v) is 6.77. The molecule has 0 aliphatic carbocycles. The van der Waals surface area contributed by atoms with Gasteiger partial charge in [-0.15, -0.1) is 0 Å². The molecule has 42 heavy (non-hydrogen) atoms. The van der Waals surface area contributed by atoms with Gasteiger partial charge >= 0.3 is 5.97 Å². The molecule has 3 rings (SSSR count). The van der Waals surface area contributed by atoms with Crippen LogP contribution in [0.2, 0.25) is 0 Å². The number of carbonyl (C=O) groups excluding carboxylic acids is 3. The Kier molecular flexibility index (Phi) is 9.48. The zero-order valence-electron chi connectivity index (χ0n) is 22.2. The summed E-state index contributed by atoms with van der Waals surface area (Å²) in [6, 6.07) is 3.61. The van der Waals surface area contributed by atoms with Crippen LogP contribution < -0.4 is 10.6 Å². The highest BCUT2D eigenvalue weighted by Gasteiger charge is 2.38. The van der Waals surface area contributed by atoms with Crippen LogP contribution in [0.5, 0.6) is 0 Å². The number of benzene rings is 2. The van der Waals surface area contributed by atoms with Crippen LogP contribution in [0.15, 0.2) is 24.3 Å². The molecule has 3 amide bonds. The number of halogens is 5. The molecular weight excluding hydrogens is 575 g/mol. The van der Waals surface area contributed by atoms with E-state index < -0.39 is 80.8 Å². The van der Waals surface area contributed by atoms with Gasteiger partial charge in [-0.25, -0.2) is 26.7 Å². The highest BCUT2D eigenvalue weighted by Crippen LogP contribution is 2.27. The number of carboxylic acids is 1. The summed E-state index contributed by atoms with van der Waals surface area (Å²) in [5, 5.41) is 25.2. The fourth-order valence-electron chi connectivity index (χ4n) is 4.29. The van der Waals surface area contributed by atoms with E-state index in [9.17, 15) is 56.4 Å². The first kappa shape index (κ1) is 31.9. The normalized spacial score (nSPS) is 14.7. The van der Waals surface area contributed by atoms with E-state index in [2.05, 4.69) is 10.6 Å². The first-order valence-electron chi connectivity index (χ1n) is 12.4. The van der Waals surface area contributed by atoms with Gasteiger partial charge in [0.1, 0.15) is 17.1 Å². The molecular formula is C26H25F5N4O7. The van der Waals surface area contributed by atoms with Gasteiger partial charge in [0, 0.05) is 37.6 Å². The Balaban J connectivity index is 1.60. The van der Waals surface area contributed by atoms with Crippen LogP contribution in [-0.4, -0.2) is 63.3 Å². The van der Waals surface area contributed by atoms with Crippen LogP contribution in [0.4, 0.5) is 27.6 Å². The number of nitrogens with zero attached hydrogens (tertiary/aromatic N) is 2. The quantitative estimate of drug-likeness (QED) is 0.131. The molecule has 226 valence electrons. The fraction of sp³-hybridized carbons (Fsp3) is 0.385. The summed E-state index contributed by atoms with van der Waals surface area (Å²) >= 11 is 0. The number of likely N-dealkylation sites (tertiary alicyclic amines) is 1. The van der Waals surface area contributed by atoms with Crippen LogP contribution in [0, 0.1) is 45.1 Å². The third kappa shape index (κ3) is 6.80. The summed E-state index contributed by atoms with van der Waals surface area (Å²) in [5.74, 6) is -16.6. The van der Waals surface area contributed by atoms with Crippen molar-refractivity contribution in [3.05, 3.63) is 74.6 Å². The molecule has 1 atom stereocenters. The summed E-state index contributed by atoms with van der Waals surface area (Å²) in [7, 11) is 0. The summed E-state index contributed by atoms with van der Waals surface area (Å²) < 4.78 is 68.4. The standard InChI is InChI=1S/C26H25F5N4O7/c1-26(2,25(40)32-15(24(38)39)11-12-3-5-14(6-4-12)35(41)42)33-22(36)13-7-9-34(10-8-13)23(37)16-17(27)19(29)21(31)20(30)18(16)28/h3-6,13,15H,7-11H2,1-2H3,(H,32,40)(H,33,36)(H,38,39)/t15-/m0/s1. The van der Waals surface area contributed by atoms with E-state index in [1.54, 1.807) is 0 Å². The minimum absolute atomic E-state index is 0.0669. The second-order valence-corrected chi connectivity index (χ2v) is 10.1. The molecule has 1 heterocycles. The molecule has 1 saturated heterocycles. The predicted molar refractivity (Wildman–Crippen MR) is 133 cm³/mol. The zero-order valence-corrected chi connectivity index (χ0v) is 22.2. The summed E-state index contributed by atoms with van der Waals surface area (Å²) in [6.07, 6.45) is -0.343. The van der Waals surface area contributed by atoms with Crippen LogP contribution >= 0.6 is 0 Å². The summed E-state index contributed by atoms with van der Waals surface area (Å²) in [4.78, 5) is 61.1. The fourth-order valence-corrected chi connectivity index (χ4v) is 4.29. The van der Waals surface area contributed by atoms with E-state index in [4.69, 9.17) is 0 Å². The van der Waals surface area contributed by atoms with Gasteiger partial charge in [-0.1, -0.05) is 12.1 Å². The lowest BCUT2D eigenvalue weighted by Gasteiger charge is -2.34. The molecule has 1 aliphatic heterocycles. The number of carboxylic acid groups (broad SMARTS) is 1.